The quantitative estimate of drug-likeness (QED) is 0.726. The predicted octanol–water partition coefficient (Wildman–Crippen LogP) is 3.43. The summed E-state index contributed by atoms with van der Waals surface area (Å²) in [7, 11) is 0. The third-order valence-electron chi connectivity index (χ3n) is 4.28. The van der Waals surface area contributed by atoms with Crippen molar-refractivity contribution in [3.63, 3.8) is 0 Å². The Kier molecular flexibility index (Phi) is 6.57. The van der Waals surface area contributed by atoms with Crippen LogP contribution >= 0.6 is 0 Å². The summed E-state index contributed by atoms with van der Waals surface area (Å²) in [5.74, 6) is 0.227. The second-order valence-corrected chi connectivity index (χ2v) is 6.27. The van der Waals surface area contributed by atoms with Crippen LogP contribution in [0, 0.1) is 0 Å². The topological polar surface area (TPSA) is 77.0 Å². The highest BCUT2D eigenvalue weighted by Crippen LogP contribution is 2.25. The lowest BCUT2D eigenvalue weighted by molar-refractivity contribution is -0.132. The van der Waals surface area contributed by atoms with E-state index >= 15 is 0 Å². The minimum absolute atomic E-state index is 0.0842. The number of amides is 1. The molecule has 2 aromatic rings. The van der Waals surface area contributed by atoms with Crippen LogP contribution in [0.15, 0.2) is 65.7 Å². The van der Waals surface area contributed by atoms with Crippen molar-refractivity contribution in [1.29, 1.82) is 0 Å². The number of nitrogens with zero attached hydrogens (tertiary/aromatic N) is 1. The monoisotopic (exact) mass is 366 g/mol. The average Bonchev–Trinajstić information content (AvgIpc) is 3.12. The Hall–Kier alpha value is -3.15. The van der Waals surface area contributed by atoms with Crippen LogP contribution < -0.4 is 5.32 Å². The summed E-state index contributed by atoms with van der Waals surface area (Å²) in [5, 5.41) is 2.78. The Balaban J connectivity index is 1.48. The maximum Gasteiger partial charge on any atom is 0.407 e. The van der Waals surface area contributed by atoms with Crippen LogP contribution in [-0.2, 0) is 20.9 Å². The van der Waals surface area contributed by atoms with Crippen LogP contribution in [-0.4, -0.2) is 31.0 Å². The fraction of sp³-hybridized carbons (Fsp3) is 0.286. The number of hydrogen-bond acceptors (Lipinski definition) is 5. The summed E-state index contributed by atoms with van der Waals surface area (Å²) in [5.41, 5.74) is 2.05. The average molecular weight is 366 g/mol. The summed E-state index contributed by atoms with van der Waals surface area (Å²) in [6.07, 6.45) is 0.757. The zero-order valence-electron chi connectivity index (χ0n) is 15.0. The zero-order chi connectivity index (χ0) is 18.9. The molecule has 1 amide bonds. The number of carbonyl (C=O) groups is 2. The first-order chi connectivity index (χ1) is 13.2. The Morgan fingerprint density at radius 2 is 1.81 bits per heavy atom. The van der Waals surface area contributed by atoms with Gasteiger partial charge in [0.25, 0.3) is 0 Å². The molecule has 0 aromatic heterocycles. The van der Waals surface area contributed by atoms with Gasteiger partial charge in [0.1, 0.15) is 13.2 Å². The van der Waals surface area contributed by atoms with Crippen molar-refractivity contribution < 1.29 is 19.1 Å². The molecule has 0 bridgehead atoms. The molecule has 0 saturated heterocycles. The summed E-state index contributed by atoms with van der Waals surface area (Å²) >= 11 is 0. The van der Waals surface area contributed by atoms with Crippen LogP contribution in [0.3, 0.4) is 0 Å². The normalized spacial score (nSPS) is 14.2. The first kappa shape index (κ1) is 18.6. The van der Waals surface area contributed by atoms with Gasteiger partial charge in [0, 0.05) is 13.0 Å². The van der Waals surface area contributed by atoms with Crippen LogP contribution in [0.25, 0.3) is 0 Å². The molecule has 1 heterocycles. The van der Waals surface area contributed by atoms with Gasteiger partial charge in [-0.25, -0.2) is 14.6 Å². The third kappa shape index (κ3) is 5.95. The van der Waals surface area contributed by atoms with E-state index < -0.39 is 6.09 Å². The van der Waals surface area contributed by atoms with Crippen molar-refractivity contribution in [3.8, 4) is 0 Å². The number of hydrogen-bond donors (Lipinski definition) is 1. The van der Waals surface area contributed by atoms with Gasteiger partial charge in [0.15, 0.2) is 5.90 Å². The van der Waals surface area contributed by atoms with Crippen LogP contribution in [0.1, 0.15) is 29.9 Å². The molecule has 140 valence electrons. The van der Waals surface area contributed by atoms with Gasteiger partial charge in [-0.1, -0.05) is 60.7 Å². The molecular formula is C21H22N2O4. The Bertz CT molecular complexity index is 790. The minimum Gasteiger partial charge on any atom is -0.445 e. The highest BCUT2D eigenvalue weighted by Gasteiger charge is 2.22. The van der Waals surface area contributed by atoms with Crippen molar-refractivity contribution in [1.82, 2.24) is 5.32 Å². The van der Waals surface area contributed by atoms with Crippen molar-refractivity contribution in [2.75, 3.05) is 13.1 Å². The lowest BCUT2D eigenvalue weighted by Crippen LogP contribution is -2.26. The highest BCUT2D eigenvalue weighted by atomic mass is 16.6. The van der Waals surface area contributed by atoms with Gasteiger partial charge in [-0.05, 0) is 23.5 Å². The lowest BCUT2D eigenvalue weighted by Gasteiger charge is -2.17. The Morgan fingerprint density at radius 3 is 2.48 bits per heavy atom. The maximum atomic E-state index is 11.9. The van der Waals surface area contributed by atoms with E-state index in [0.717, 1.165) is 11.1 Å². The molecule has 3 rings (SSSR count). The number of esters is 1. The van der Waals surface area contributed by atoms with Gasteiger partial charge < -0.3 is 14.8 Å². The van der Waals surface area contributed by atoms with Gasteiger partial charge in [0.05, 0.1) is 0 Å². The van der Waals surface area contributed by atoms with E-state index in [1.807, 2.05) is 60.7 Å². The second kappa shape index (κ2) is 9.52. The van der Waals surface area contributed by atoms with Crippen LogP contribution in [0.4, 0.5) is 4.79 Å². The van der Waals surface area contributed by atoms with E-state index in [4.69, 9.17) is 9.47 Å². The van der Waals surface area contributed by atoms with Gasteiger partial charge in [-0.3, -0.25) is 0 Å². The summed E-state index contributed by atoms with van der Waals surface area (Å²) in [6, 6.07) is 19.5. The first-order valence-electron chi connectivity index (χ1n) is 8.94. The van der Waals surface area contributed by atoms with Crippen molar-refractivity contribution in [2.45, 2.75) is 25.4 Å². The number of rotatable bonds is 8. The number of nitrogens with one attached hydrogen (secondary N) is 1. The molecular weight excluding hydrogens is 344 g/mol. The largest absolute Gasteiger partial charge is 0.445 e. The predicted molar refractivity (Wildman–Crippen MR) is 101 cm³/mol. The molecule has 1 N–H and O–H groups in total. The Morgan fingerprint density at radius 1 is 1.11 bits per heavy atom. The van der Waals surface area contributed by atoms with Crippen molar-refractivity contribution >= 4 is 18.0 Å². The van der Waals surface area contributed by atoms with Crippen molar-refractivity contribution in [2.24, 2.45) is 4.99 Å². The molecule has 1 atom stereocenters. The molecule has 1 unspecified atom stereocenters. The number of ether oxygens (including phenoxy) is 2. The minimum atomic E-state index is -0.449. The molecule has 0 radical (unpaired) electrons. The second-order valence-electron chi connectivity index (χ2n) is 6.27. The molecule has 27 heavy (non-hydrogen) atoms. The smallest absolute Gasteiger partial charge is 0.407 e. The first-order valence-corrected chi connectivity index (χ1v) is 8.94. The number of cyclic esters (lactones) is 1. The Labute approximate surface area is 158 Å². The molecule has 6 nitrogen and oxygen atoms in total. The van der Waals surface area contributed by atoms with Gasteiger partial charge in [0.2, 0.25) is 0 Å². The molecule has 0 fully saturated rings. The van der Waals surface area contributed by atoms with Crippen LogP contribution in [0.5, 0.6) is 0 Å². The standard InChI is InChI=1S/C21H22N2O4/c24-20-14-23-19(27-20)13-18(17-9-5-2-6-10-17)11-12-22-21(25)26-15-16-7-3-1-4-8-16/h1-10,18H,11-15H2,(H,22,25). The summed E-state index contributed by atoms with van der Waals surface area (Å²) < 4.78 is 10.3. The summed E-state index contributed by atoms with van der Waals surface area (Å²) in [4.78, 5) is 27.3. The SMILES string of the molecule is O=C1CN=C(CC(CCNC(=O)OCc2ccccc2)c2ccccc2)O1. The summed E-state index contributed by atoms with van der Waals surface area (Å²) in [6.45, 7) is 0.775. The number of carbonyl (C=O) groups excluding carboxylic acids is 2. The highest BCUT2D eigenvalue weighted by molar-refractivity contribution is 5.95. The molecule has 2 aromatic carbocycles. The molecule has 0 aliphatic carbocycles. The molecule has 0 saturated carbocycles. The van der Waals surface area contributed by atoms with E-state index in [0.29, 0.717) is 25.3 Å². The van der Waals surface area contributed by atoms with Crippen molar-refractivity contribution in [3.05, 3.63) is 71.8 Å². The van der Waals surface area contributed by atoms with E-state index in [9.17, 15) is 9.59 Å². The number of aliphatic imine (C=N–C) groups is 1. The van der Waals surface area contributed by atoms with Gasteiger partial charge in [-0.2, -0.15) is 0 Å². The zero-order valence-corrected chi connectivity index (χ0v) is 15.0. The van der Waals surface area contributed by atoms with E-state index in [-0.39, 0.29) is 25.0 Å². The fourth-order valence-corrected chi connectivity index (χ4v) is 2.90. The van der Waals surface area contributed by atoms with E-state index in [2.05, 4.69) is 10.3 Å². The molecule has 1 aliphatic heterocycles. The van der Waals surface area contributed by atoms with E-state index in [1.165, 1.54) is 0 Å². The van der Waals surface area contributed by atoms with Gasteiger partial charge in [-0.15, -0.1) is 0 Å². The van der Waals surface area contributed by atoms with Gasteiger partial charge >= 0.3 is 12.1 Å². The third-order valence-corrected chi connectivity index (χ3v) is 4.28. The lowest BCUT2D eigenvalue weighted by atomic mass is 9.92. The number of alkyl carbamates (subject to hydrolysis) is 1. The molecule has 6 heteroatoms. The molecule has 0 spiro atoms. The van der Waals surface area contributed by atoms with E-state index in [1.54, 1.807) is 0 Å². The van der Waals surface area contributed by atoms with Crippen LogP contribution in [0.2, 0.25) is 0 Å². The number of benzene rings is 2. The fourth-order valence-electron chi connectivity index (χ4n) is 2.90. The maximum absolute atomic E-state index is 11.9. The molecule has 1 aliphatic rings.